The van der Waals surface area contributed by atoms with Crippen molar-refractivity contribution in [1.82, 2.24) is 24.5 Å². The Morgan fingerprint density at radius 3 is 3.05 bits per heavy atom. The molecule has 0 amide bonds. The van der Waals surface area contributed by atoms with Gasteiger partial charge >= 0.3 is 0 Å². The minimum atomic E-state index is -1.23. The largest absolute Gasteiger partial charge is 0.430 e. The quantitative estimate of drug-likeness (QED) is 0.573. The number of nitrogens with zero attached hydrogens (tertiary/aromatic N) is 5. The van der Waals surface area contributed by atoms with E-state index in [-0.39, 0.29) is 5.22 Å². The number of imidazole rings is 1. The van der Waals surface area contributed by atoms with Gasteiger partial charge < -0.3 is 8.98 Å². The molecule has 1 aromatic carbocycles. The Morgan fingerprint density at radius 1 is 1.27 bits per heavy atom. The Morgan fingerprint density at radius 2 is 2.18 bits per heavy atom. The van der Waals surface area contributed by atoms with Crippen LogP contribution < -0.4 is 0 Å². The number of fused-ring (bicyclic) bond motifs is 2. The number of hydrogen-bond acceptors (Lipinski definition) is 6. The molecule has 0 saturated heterocycles. The summed E-state index contributed by atoms with van der Waals surface area (Å²) in [7, 11) is -1.23. The van der Waals surface area contributed by atoms with Crippen LogP contribution in [0.5, 0.6) is 0 Å². The van der Waals surface area contributed by atoms with E-state index in [0.29, 0.717) is 17.6 Å². The van der Waals surface area contributed by atoms with Crippen LogP contribution in [0.3, 0.4) is 0 Å². The molecule has 1 atom stereocenters. The first-order chi connectivity index (χ1) is 10.7. The lowest BCUT2D eigenvalue weighted by Gasteiger charge is -2.03. The van der Waals surface area contributed by atoms with Crippen molar-refractivity contribution in [2.24, 2.45) is 0 Å². The van der Waals surface area contributed by atoms with Crippen LogP contribution >= 0.6 is 0 Å². The lowest BCUT2D eigenvalue weighted by molar-refractivity contribution is 0.478. The van der Waals surface area contributed by atoms with Gasteiger partial charge in [-0.1, -0.05) is 6.07 Å². The second-order valence-corrected chi connectivity index (χ2v) is 6.10. The summed E-state index contributed by atoms with van der Waals surface area (Å²) in [5, 5.41) is 0.243. The molecule has 4 aromatic rings. The highest BCUT2D eigenvalue weighted by molar-refractivity contribution is 7.84. The normalized spacial score (nSPS) is 13.0. The molecule has 0 fully saturated rings. The fourth-order valence-corrected chi connectivity index (χ4v) is 2.73. The molecule has 4 rings (SSSR count). The van der Waals surface area contributed by atoms with E-state index < -0.39 is 10.8 Å². The third kappa shape index (κ3) is 2.17. The Hall–Kier alpha value is -2.61. The van der Waals surface area contributed by atoms with E-state index in [1.807, 2.05) is 22.8 Å². The Bertz CT molecular complexity index is 1010. The lowest BCUT2D eigenvalue weighted by atomic mass is 10.2. The maximum atomic E-state index is 11.4. The van der Waals surface area contributed by atoms with Crippen LogP contribution in [-0.4, -0.2) is 35.0 Å². The van der Waals surface area contributed by atoms with Crippen LogP contribution in [0.25, 0.3) is 22.3 Å². The standard InChI is InChI=1S/C14H11N5O2S/c1-22(20)14-18-10-3-2-9(4-12(10)21-14)6-19-8-17-11-5-15-7-16-13(11)19/h2-5,7-8H,6H2,1H3. The molecule has 8 heteroatoms. The maximum Gasteiger partial charge on any atom is 0.287 e. The monoisotopic (exact) mass is 313 g/mol. The maximum absolute atomic E-state index is 11.4. The number of benzene rings is 1. The molecular formula is C14H11N5O2S. The summed E-state index contributed by atoms with van der Waals surface area (Å²) >= 11 is 0. The second-order valence-electron chi connectivity index (χ2n) is 4.84. The zero-order valence-electron chi connectivity index (χ0n) is 11.6. The van der Waals surface area contributed by atoms with Crippen LogP contribution in [0.2, 0.25) is 0 Å². The molecule has 0 bridgehead atoms. The zero-order chi connectivity index (χ0) is 15.1. The van der Waals surface area contributed by atoms with Crippen molar-refractivity contribution in [2.75, 3.05) is 6.26 Å². The third-order valence-corrected chi connectivity index (χ3v) is 3.98. The first-order valence-electron chi connectivity index (χ1n) is 6.54. The molecular weight excluding hydrogens is 302 g/mol. The van der Waals surface area contributed by atoms with Gasteiger partial charge in [0, 0.05) is 6.26 Å². The van der Waals surface area contributed by atoms with Crippen molar-refractivity contribution >= 4 is 33.1 Å². The van der Waals surface area contributed by atoms with Crippen molar-refractivity contribution in [3.63, 3.8) is 0 Å². The van der Waals surface area contributed by atoms with E-state index in [4.69, 9.17) is 4.42 Å². The third-order valence-electron chi connectivity index (χ3n) is 3.31. The average molecular weight is 313 g/mol. The second kappa shape index (κ2) is 4.99. The van der Waals surface area contributed by atoms with Gasteiger partial charge in [0.2, 0.25) is 0 Å². The molecule has 0 aliphatic rings. The van der Waals surface area contributed by atoms with Gasteiger partial charge in [-0.25, -0.2) is 24.1 Å². The van der Waals surface area contributed by atoms with E-state index >= 15 is 0 Å². The topological polar surface area (TPSA) is 86.7 Å². The van der Waals surface area contributed by atoms with Crippen LogP contribution in [0.15, 0.2) is 46.7 Å². The van der Waals surface area contributed by atoms with Crippen molar-refractivity contribution in [3.8, 4) is 0 Å². The van der Waals surface area contributed by atoms with Crippen LogP contribution in [0, 0.1) is 0 Å². The van der Waals surface area contributed by atoms with Gasteiger partial charge in [0.05, 0.1) is 19.1 Å². The smallest absolute Gasteiger partial charge is 0.287 e. The predicted octanol–water partition coefficient (Wildman–Crippen LogP) is 1.75. The number of aromatic nitrogens is 5. The van der Waals surface area contributed by atoms with Crippen molar-refractivity contribution in [3.05, 3.63) is 42.6 Å². The van der Waals surface area contributed by atoms with Crippen molar-refractivity contribution in [1.29, 1.82) is 0 Å². The molecule has 110 valence electrons. The van der Waals surface area contributed by atoms with Gasteiger partial charge in [-0.15, -0.1) is 0 Å². The Kier molecular flexibility index (Phi) is 2.97. The molecule has 1 unspecified atom stereocenters. The van der Waals surface area contributed by atoms with Gasteiger partial charge in [-0.2, -0.15) is 0 Å². The number of rotatable bonds is 3. The van der Waals surface area contributed by atoms with Gasteiger partial charge in [0.15, 0.2) is 11.2 Å². The predicted molar refractivity (Wildman–Crippen MR) is 80.8 cm³/mol. The van der Waals surface area contributed by atoms with Gasteiger partial charge in [-0.3, -0.25) is 0 Å². The average Bonchev–Trinajstić information content (AvgIpc) is 3.11. The zero-order valence-corrected chi connectivity index (χ0v) is 12.4. The van der Waals surface area contributed by atoms with Crippen LogP contribution in [-0.2, 0) is 17.3 Å². The minimum Gasteiger partial charge on any atom is -0.430 e. The Labute approximate surface area is 127 Å². The summed E-state index contributed by atoms with van der Waals surface area (Å²) < 4.78 is 18.9. The molecule has 0 saturated carbocycles. The van der Waals surface area contributed by atoms with Gasteiger partial charge in [-0.05, 0) is 17.7 Å². The highest BCUT2D eigenvalue weighted by Crippen LogP contribution is 2.20. The molecule has 22 heavy (non-hydrogen) atoms. The van der Waals surface area contributed by atoms with E-state index in [1.54, 1.807) is 18.8 Å². The summed E-state index contributed by atoms with van der Waals surface area (Å²) in [6, 6.07) is 5.71. The van der Waals surface area contributed by atoms with Crippen molar-refractivity contribution in [2.45, 2.75) is 11.8 Å². The first-order valence-corrected chi connectivity index (χ1v) is 8.10. The molecule has 3 aromatic heterocycles. The van der Waals surface area contributed by atoms with Gasteiger partial charge in [0.25, 0.3) is 5.22 Å². The summed E-state index contributed by atoms with van der Waals surface area (Å²) in [6.45, 7) is 0.606. The van der Waals surface area contributed by atoms with E-state index in [2.05, 4.69) is 19.9 Å². The molecule has 7 nitrogen and oxygen atoms in total. The Balaban J connectivity index is 1.73. The molecule has 0 aliphatic heterocycles. The molecule has 0 aliphatic carbocycles. The summed E-state index contributed by atoms with van der Waals surface area (Å²) in [5.41, 5.74) is 3.89. The fourth-order valence-electron chi connectivity index (χ4n) is 2.30. The molecule has 0 radical (unpaired) electrons. The SMILES string of the molecule is CS(=O)c1nc2ccc(Cn3cnc4cncnc43)cc2o1. The van der Waals surface area contributed by atoms with E-state index in [1.165, 1.54) is 6.33 Å². The molecule has 3 heterocycles. The van der Waals surface area contributed by atoms with E-state index in [0.717, 1.165) is 16.7 Å². The summed E-state index contributed by atoms with van der Waals surface area (Å²) in [5.74, 6) is 0. The number of hydrogen-bond donors (Lipinski definition) is 0. The molecule has 0 N–H and O–H groups in total. The van der Waals surface area contributed by atoms with Gasteiger partial charge in [0.1, 0.15) is 28.2 Å². The minimum absolute atomic E-state index is 0.243. The molecule has 0 spiro atoms. The van der Waals surface area contributed by atoms with Crippen LogP contribution in [0.4, 0.5) is 0 Å². The lowest BCUT2D eigenvalue weighted by Crippen LogP contribution is -1.99. The van der Waals surface area contributed by atoms with E-state index in [9.17, 15) is 4.21 Å². The highest BCUT2D eigenvalue weighted by atomic mass is 32.2. The summed E-state index contributed by atoms with van der Waals surface area (Å²) in [4.78, 5) is 16.7. The van der Waals surface area contributed by atoms with Crippen molar-refractivity contribution < 1.29 is 8.63 Å². The first kappa shape index (κ1) is 13.1. The highest BCUT2D eigenvalue weighted by Gasteiger charge is 2.10. The summed E-state index contributed by atoms with van der Waals surface area (Å²) in [6.07, 6.45) is 6.46. The van der Waals surface area contributed by atoms with Crippen LogP contribution in [0.1, 0.15) is 5.56 Å². The number of oxazole rings is 1. The fraction of sp³-hybridized carbons (Fsp3) is 0.143.